The fourth-order valence-corrected chi connectivity index (χ4v) is 5.58. The maximum atomic E-state index is 12.4. The lowest BCUT2D eigenvalue weighted by atomic mass is 9.98. The minimum absolute atomic E-state index is 0.00338. The number of halogens is 2. The molecule has 0 amide bonds. The molecule has 2 rings (SSSR count). The van der Waals surface area contributed by atoms with E-state index < -0.39 is 23.9 Å². The lowest BCUT2D eigenvalue weighted by Gasteiger charge is -2.10. The molecule has 0 aliphatic heterocycles. The van der Waals surface area contributed by atoms with Crippen molar-refractivity contribution in [3.8, 4) is 0 Å². The number of ether oxygens (including phenoxy) is 4. The quantitative estimate of drug-likeness (QED) is 0.171. The highest BCUT2D eigenvalue weighted by atomic mass is 127. The van der Waals surface area contributed by atoms with Gasteiger partial charge in [-0.05, 0) is 95.1 Å². The van der Waals surface area contributed by atoms with E-state index in [2.05, 4.69) is 55.1 Å². The van der Waals surface area contributed by atoms with E-state index in [0.717, 1.165) is 0 Å². The van der Waals surface area contributed by atoms with Crippen molar-refractivity contribution < 1.29 is 38.1 Å². The molecule has 0 bridgehead atoms. The van der Waals surface area contributed by atoms with Crippen LogP contribution in [0.2, 0.25) is 0 Å². The van der Waals surface area contributed by atoms with Crippen LogP contribution in [0.25, 0.3) is 0 Å². The number of esters is 4. The number of hydrogen-bond acceptors (Lipinski definition) is 8. The van der Waals surface area contributed by atoms with Crippen molar-refractivity contribution in [3.63, 3.8) is 0 Å². The van der Waals surface area contributed by atoms with Gasteiger partial charge in [-0.3, -0.25) is 19.2 Å². The molecule has 0 aliphatic carbocycles. The van der Waals surface area contributed by atoms with E-state index in [9.17, 15) is 19.2 Å². The maximum Gasteiger partial charge on any atom is 0.310 e. The molecule has 0 aromatic carbocycles. The zero-order valence-corrected chi connectivity index (χ0v) is 25.7. The van der Waals surface area contributed by atoms with Crippen LogP contribution in [-0.2, 0) is 70.2 Å². The molecule has 0 fully saturated rings. The second-order valence-corrected chi connectivity index (χ2v) is 10.0. The van der Waals surface area contributed by atoms with Crippen LogP contribution in [-0.4, -0.2) is 60.3 Å². The first-order valence-corrected chi connectivity index (χ1v) is 14.2. The predicted octanol–water partition coefficient (Wildman–Crippen LogP) is 3.57. The first kappa shape index (κ1) is 31.1. The van der Waals surface area contributed by atoms with E-state index in [1.807, 2.05) is 0 Å². The molecule has 12 heteroatoms. The monoisotopic (exact) mass is 742 g/mol. The summed E-state index contributed by atoms with van der Waals surface area (Å²) in [7, 11) is 0. The fraction of sp³-hybridized carbons (Fsp3) is 0.520. The third-order valence-corrected chi connectivity index (χ3v) is 7.21. The Bertz CT molecular complexity index is 1040. The summed E-state index contributed by atoms with van der Waals surface area (Å²) in [6.07, 6.45) is 0.240. The van der Waals surface area contributed by atoms with Gasteiger partial charge in [0.2, 0.25) is 0 Å². The van der Waals surface area contributed by atoms with Crippen LogP contribution in [0, 0.1) is 7.40 Å². The van der Waals surface area contributed by atoms with Gasteiger partial charge < -0.3 is 28.9 Å². The van der Waals surface area contributed by atoms with E-state index in [1.54, 1.807) is 27.7 Å². The average Bonchev–Trinajstić information content (AvgIpc) is 3.25. The average molecular weight is 742 g/mol. The Balaban J connectivity index is 2.54. The van der Waals surface area contributed by atoms with Crippen LogP contribution < -0.4 is 0 Å². The van der Waals surface area contributed by atoms with Crippen LogP contribution in [0.15, 0.2) is 0 Å². The number of H-pyrrole nitrogens is 2. The molecule has 204 valence electrons. The largest absolute Gasteiger partial charge is 0.466 e. The molecule has 0 unspecified atom stereocenters. The molecule has 37 heavy (non-hydrogen) atoms. The van der Waals surface area contributed by atoms with E-state index in [4.69, 9.17) is 18.9 Å². The third kappa shape index (κ3) is 9.00. The van der Waals surface area contributed by atoms with Gasteiger partial charge in [0.25, 0.3) is 0 Å². The lowest BCUT2D eigenvalue weighted by Crippen LogP contribution is -2.14. The summed E-state index contributed by atoms with van der Waals surface area (Å²) >= 11 is 4.19. The maximum absolute atomic E-state index is 12.4. The highest BCUT2D eigenvalue weighted by Crippen LogP contribution is 2.29. The Morgan fingerprint density at radius 2 is 0.811 bits per heavy atom. The molecule has 0 spiro atoms. The molecular formula is C25H32I2N2O8. The van der Waals surface area contributed by atoms with Crippen molar-refractivity contribution in [2.24, 2.45) is 0 Å². The van der Waals surface area contributed by atoms with Gasteiger partial charge in [0.05, 0.1) is 59.5 Å². The molecule has 2 N–H and O–H groups in total. The minimum atomic E-state index is -0.417. The highest BCUT2D eigenvalue weighted by Gasteiger charge is 2.26. The van der Waals surface area contributed by atoms with Crippen molar-refractivity contribution in [2.45, 2.75) is 59.8 Å². The number of carbonyl (C=O) groups is 4. The topological polar surface area (TPSA) is 137 Å². The summed E-state index contributed by atoms with van der Waals surface area (Å²) < 4.78 is 22.0. The van der Waals surface area contributed by atoms with Crippen molar-refractivity contribution in [1.29, 1.82) is 0 Å². The summed E-state index contributed by atoms with van der Waals surface area (Å²) in [6.45, 7) is 7.90. The van der Waals surface area contributed by atoms with Crippen LogP contribution in [0.3, 0.4) is 0 Å². The van der Waals surface area contributed by atoms with Crippen molar-refractivity contribution >= 4 is 69.1 Å². The molecule has 2 aromatic rings. The van der Waals surface area contributed by atoms with Crippen LogP contribution in [0.1, 0.15) is 61.3 Å². The number of carbonyl (C=O) groups excluding carboxylic acids is 4. The fourth-order valence-electron chi connectivity index (χ4n) is 3.90. The molecular weight excluding hydrogens is 710 g/mol. The van der Waals surface area contributed by atoms with Gasteiger partial charge in [-0.1, -0.05) is 0 Å². The third-order valence-electron chi connectivity index (χ3n) is 5.37. The number of hydrogen-bond donors (Lipinski definition) is 2. The standard InChI is InChI=1S/C25H32I2N2O8/c1-5-34-20(30)9-14-16(11-22(32)36-7-3)24(26)28-18(14)13-19-15(10-21(31)35-6-2)17(25(27)29-19)12-23(33)37-8-4/h28-29H,5-13H2,1-4H3. The summed E-state index contributed by atoms with van der Waals surface area (Å²) in [5, 5.41) is 0. The Morgan fingerprint density at radius 3 is 1.08 bits per heavy atom. The lowest BCUT2D eigenvalue weighted by molar-refractivity contribution is -0.143. The molecule has 0 saturated heterocycles. The predicted molar refractivity (Wildman–Crippen MR) is 151 cm³/mol. The van der Waals surface area contributed by atoms with Crippen LogP contribution in [0.5, 0.6) is 0 Å². The zero-order chi connectivity index (χ0) is 27.5. The van der Waals surface area contributed by atoms with Crippen molar-refractivity contribution in [2.75, 3.05) is 26.4 Å². The Kier molecular flexibility index (Phi) is 12.9. The van der Waals surface area contributed by atoms with Gasteiger partial charge >= 0.3 is 23.9 Å². The van der Waals surface area contributed by atoms with Crippen molar-refractivity contribution in [1.82, 2.24) is 9.97 Å². The molecule has 0 saturated carbocycles. The first-order chi connectivity index (χ1) is 17.6. The normalized spacial score (nSPS) is 10.8. The van der Waals surface area contributed by atoms with Gasteiger partial charge in [0, 0.05) is 17.8 Å². The van der Waals surface area contributed by atoms with Gasteiger partial charge in [0.1, 0.15) is 0 Å². The first-order valence-electron chi connectivity index (χ1n) is 12.0. The second-order valence-electron chi connectivity index (χ2n) is 7.85. The van der Waals surface area contributed by atoms with Crippen molar-refractivity contribution in [3.05, 3.63) is 41.0 Å². The Hall–Kier alpha value is -2.10. The number of aromatic nitrogens is 2. The summed E-state index contributed by atoms with van der Waals surface area (Å²) in [6, 6.07) is 0. The SMILES string of the molecule is CCOC(=O)Cc1c(I)[nH]c(Cc2[nH]c(I)c(CC(=O)OCC)c2CC(=O)OCC)c1CC(=O)OCC. The molecule has 2 heterocycles. The summed E-state index contributed by atoms with van der Waals surface area (Å²) in [5.74, 6) is -1.63. The molecule has 2 aromatic heterocycles. The van der Waals surface area contributed by atoms with Crippen LogP contribution >= 0.6 is 45.2 Å². The van der Waals surface area contributed by atoms with E-state index in [0.29, 0.717) is 47.5 Å². The summed E-state index contributed by atoms with van der Waals surface area (Å²) in [5.41, 5.74) is 4.03. The van der Waals surface area contributed by atoms with E-state index in [1.165, 1.54) is 0 Å². The van der Waals surface area contributed by atoms with Crippen LogP contribution in [0.4, 0.5) is 0 Å². The second kappa shape index (κ2) is 15.3. The molecule has 0 radical (unpaired) electrons. The van der Waals surface area contributed by atoms with Gasteiger partial charge in [0.15, 0.2) is 0 Å². The number of aromatic amines is 2. The number of rotatable bonds is 14. The Morgan fingerprint density at radius 1 is 0.541 bits per heavy atom. The number of nitrogens with one attached hydrogen (secondary N) is 2. The molecule has 0 atom stereocenters. The van der Waals surface area contributed by atoms with Gasteiger partial charge in [-0.2, -0.15) is 0 Å². The summed E-state index contributed by atoms with van der Waals surface area (Å²) in [4.78, 5) is 56.0. The highest BCUT2D eigenvalue weighted by molar-refractivity contribution is 14.1. The Labute approximate surface area is 243 Å². The molecule has 0 aliphatic rings. The van der Waals surface area contributed by atoms with Gasteiger partial charge in [-0.15, -0.1) is 0 Å². The van der Waals surface area contributed by atoms with E-state index >= 15 is 0 Å². The molecule has 10 nitrogen and oxygen atoms in total. The van der Waals surface area contributed by atoms with Gasteiger partial charge in [-0.25, -0.2) is 0 Å². The zero-order valence-electron chi connectivity index (χ0n) is 21.4. The minimum Gasteiger partial charge on any atom is -0.466 e. The van der Waals surface area contributed by atoms with E-state index in [-0.39, 0.29) is 52.1 Å². The smallest absolute Gasteiger partial charge is 0.310 e.